The fourth-order valence-electron chi connectivity index (χ4n) is 2.36. The first-order valence-electron chi connectivity index (χ1n) is 6.96. The summed E-state index contributed by atoms with van der Waals surface area (Å²) < 4.78 is 5.32. The van der Waals surface area contributed by atoms with E-state index in [0.29, 0.717) is 17.7 Å². The molecule has 20 heavy (non-hydrogen) atoms. The first kappa shape index (κ1) is 14.6. The van der Waals surface area contributed by atoms with E-state index in [-0.39, 0.29) is 11.4 Å². The number of unbranched alkanes of at least 4 members (excludes halogenated alkanes) is 1. The Morgan fingerprint density at radius 3 is 2.80 bits per heavy atom. The summed E-state index contributed by atoms with van der Waals surface area (Å²) in [7, 11) is 2.00. The lowest BCUT2D eigenvalue weighted by Gasteiger charge is -2.18. The Hall–Kier alpha value is -1.81. The molecule has 2 rings (SSSR count). The van der Waals surface area contributed by atoms with Gasteiger partial charge in [0.1, 0.15) is 11.3 Å². The molecule has 4 nitrogen and oxygen atoms in total. The summed E-state index contributed by atoms with van der Waals surface area (Å²) in [5, 5.41) is 11.0. The fourth-order valence-corrected chi connectivity index (χ4v) is 2.36. The molecular formula is C16H21NO3. The highest BCUT2D eigenvalue weighted by molar-refractivity contribution is 5.84. The minimum atomic E-state index is -0.377. The van der Waals surface area contributed by atoms with Gasteiger partial charge in [0.05, 0.1) is 5.56 Å². The van der Waals surface area contributed by atoms with Crippen LogP contribution in [0.4, 0.5) is 0 Å². The van der Waals surface area contributed by atoms with E-state index in [1.165, 1.54) is 6.07 Å². The highest BCUT2D eigenvalue weighted by atomic mass is 16.4. The van der Waals surface area contributed by atoms with E-state index in [2.05, 4.69) is 11.8 Å². The van der Waals surface area contributed by atoms with E-state index in [9.17, 15) is 9.90 Å². The van der Waals surface area contributed by atoms with Gasteiger partial charge >= 0.3 is 5.63 Å². The molecule has 0 aliphatic carbocycles. The molecule has 108 valence electrons. The van der Waals surface area contributed by atoms with Crippen molar-refractivity contribution in [3.63, 3.8) is 0 Å². The molecule has 1 aromatic carbocycles. The van der Waals surface area contributed by atoms with Crippen LogP contribution < -0.4 is 5.63 Å². The van der Waals surface area contributed by atoms with Gasteiger partial charge in [-0.25, -0.2) is 4.79 Å². The quantitative estimate of drug-likeness (QED) is 0.852. The summed E-state index contributed by atoms with van der Waals surface area (Å²) in [6.07, 6.45) is 2.23. The van der Waals surface area contributed by atoms with Gasteiger partial charge < -0.3 is 14.4 Å². The molecule has 0 radical (unpaired) electrons. The maximum absolute atomic E-state index is 11.6. The minimum Gasteiger partial charge on any atom is -0.507 e. The molecule has 0 aliphatic heterocycles. The van der Waals surface area contributed by atoms with Crippen molar-refractivity contribution in [3.8, 4) is 5.75 Å². The molecule has 1 heterocycles. The Kier molecular flexibility index (Phi) is 4.45. The number of phenols is 1. The number of fused-ring (bicyclic) bond motifs is 1. The van der Waals surface area contributed by atoms with Crippen molar-refractivity contribution in [1.82, 2.24) is 4.90 Å². The van der Waals surface area contributed by atoms with Crippen LogP contribution in [0.1, 0.15) is 30.9 Å². The van der Waals surface area contributed by atoms with Crippen molar-refractivity contribution in [2.75, 3.05) is 13.6 Å². The van der Waals surface area contributed by atoms with Crippen molar-refractivity contribution in [2.45, 2.75) is 33.2 Å². The van der Waals surface area contributed by atoms with E-state index in [1.807, 2.05) is 14.0 Å². The van der Waals surface area contributed by atoms with Gasteiger partial charge in [-0.1, -0.05) is 13.3 Å². The summed E-state index contributed by atoms with van der Waals surface area (Å²) in [6, 6.07) is 4.93. The fraction of sp³-hybridized carbons (Fsp3) is 0.438. The number of hydrogen-bond acceptors (Lipinski definition) is 4. The highest BCUT2D eigenvalue weighted by Crippen LogP contribution is 2.29. The van der Waals surface area contributed by atoms with Crippen LogP contribution >= 0.6 is 0 Å². The molecule has 0 atom stereocenters. The summed E-state index contributed by atoms with van der Waals surface area (Å²) >= 11 is 0. The minimum absolute atomic E-state index is 0.176. The zero-order chi connectivity index (χ0) is 14.7. The zero-order valence-electron chi connectivity index (χ0n) is 12.3. The standard InChI is InChI=1S/C16H21NO3/c1-4-5-8-17(3)10-13-14(18)7-6-12-11(2)9-15(19)20-16(12)13/h6-7,9,18H,4-5,8,10H2,1-3H3. The van der Waals surface area contributed by atoms with Gasteiger partial charge in [-0.15, -0.1) is 0 Å². The molecular weight excluding hydrogens is 254 g/mol. The predicted octanol–water partition coefficient (Wildman–Crippen LogP) is 3.04. The van der Waals surface area contributed by atoms with Crippen LogP contribution in [0, 0.1) is 6.92 Å². The molecule has 4 heteroatoms. The molecule has 0 fully saturated rings. The number of hydrogen-bond donors (Lipinski definition) is 1. The second kappa shape index (κ2) is 6.09. The zero-order valence-corrected chi connectivity index (χ0v) is 12.3. The predicted molar refractivity (Wildman–Crippen MR) is 80.1 cm³/mol. The Morgan fingerprint density at radius 1 is 1.35 bits per heavy atom. The molecule has 0 aliphatic rings. The molecule has 0 spiro atoms. The third kappa shape index (κ3) is 3.02. The molecule has 0 saturated carbocycles. The molecule has 0 amide bonds. The van der Waals surface area contributed by atoms with E-state index in [0.717, 1.165) is 30.3 Å². The van der Waals surface area contributed by atoms with Crippen molar-refractivity contribution < 1.29 is 9.52 Å². The van der Waals surface area contributed by atoms with Crippen LogP contribution in [0.2, 0.25) is 0 Å². The molecule has 1 N–H and O–H groups in total. The van der Waals surface area contributed by atoms with Crippen LogP contribution in [0.3, 0.4) is 0 Å². The maximum Gasteiger partial charge on any atom is 0.336 e. The smallest absolute Gasteiger partial charge is 0.336 e. The van der Waals surface area contributed by atoms with E-state index in [1.54, 1.807) is 12.1 Å². The normalized spacial score (nSPS) is 11.4. The lowest BCUT2D eigenvalue weighted by Crippen LogP contribution is -2.19. The van der Waals surface area contributed by atoms with Crippen molar-refractivity contribution >= 4 is 11.0 Å². The summed E-state index contributed by atoms with van der Waals surface area (Å²) in [5.74, 6) is 0.176. The monoisotopic (exact) mass is 275 g/mol. The third-order valence-corrected chi connectivity index (χ3v) is 3.52. The lowest BCUT2D eigenvalue weighted by molar-refractivity contribution is 0.314. The van der Waals surface area contributed by atoms with Crippen molar-refractivity contribution in [1.29, 1.82) is 0 Å². The average Bonchev–Trinajstić information content (AvgIpc) is 2.39. The molecule has 0 unspecified atom stereocenters. The number of rotatable bonds is 5. The number of phenolic OH excluding ortho intramolecular Hbond substituents is 1. The molecule has 0 saturated heterocycles. The third-order valence-electron chi connectivity index (χ3n) is 3.52. The summed E-state index contributed by atoms with van der Waals surface area (Å²) in [5.41, 5.74) is 1.67. The van der Waals surface area contributed by atoms with Gasteiger partial charge in [-0.2, -0.15) is 0 Å². The second-order valence-electron chi connectivity index (χ2n) is 5.28. The van der Waals surface area contributed by atoms with Crippen LogP contribution in [0.15, 0.2) is 27.4 Å². The molecule has 1 aromatic heterocycles. The molecule has 2 aromatic rings. The van der Waals surface area contributed by atoms with Crippen LogP contribution in [-0.4, -0.2) is 23.6 Å². The van der Waals surface area contributed by atoms with Crippen molar-refractivity contribution in [3.05, 3.63) is 39.7 Å². The van der Waals surface area contributed by atoms with Crippen molar-refractivity contribution in [2.24, 2.45) is 0 Å². The second-order valence-corrected chi connectivity index (χ2v) is 5.28. The Balaban J connectivity index is 2.46. The van der Waals surface area contributed by atoms with Gasteiger partial charge in [-0.05, 0) is 44.6 Å². The Bertz CT molecular complexity index is 661. The number of benzene rings is 1. The SMILES string of the molecule is CCCCN(C)Cc1c(O)ccc2c(C)cc(=O)oc12. The van der Waals surface area contributed by atoms with Gasteiger partial charge in [0.15, 0.2) is 0 Å². The van der Waals surface area contributed by atoms with Gasteiger partial charge in [0.2, 0.25) is 0 Å². The van der Waals surface area contributed by atoms with E-state index < -0.39 is 0 Å². The first-order chi connectivity index (χ1) is 9.52. The van der Waals surface area contributed by atoms with E-state index in [4.69, 9.17) is 4.42 Å². The van der Waals surface area contributed by atoms with Gasteiger partial charge in [0, 0.05) is 18.0 Å². The van der Waals surface area contributed by atoms with Crippen LogP contribution in [0.25, 0.3) is 11.0 Å². The highest BCUT2D eigenvalue weighted by Gasteiger charge is 2.13. The van der Waals surface area contributed by atoms with Crippen LogP contribution in [-0.2, 0) is 6.54 Å². The first-order valence-corrected chi connectivity index (χ1v) is 6.96. The van der Waals surface area contributed by atoms with Gasteiger partial charge in [-0.3, -0.25) is 0 Å². The average molecular weight is 275 g/mol. The molecule has 0 bridgehead atoms. The maximum atomic E-state index is 11.6. The largest absolute Gasteiger partial charge is 0.507 e. The topological polar surface area (TPSA) is 53.7 Å². The van der Waals surface area contributed by atoms with E-state index >= 15 is 0 Å². The number of aryl methyl sites for hydroxylation is 1. The Labute approximate surface area is 118 Å². The van der Waals surface area contributed by atoms with Gasteiger partial charge in [0.25, 0.3) is 0 Å². The van der Waals surface area contributed by atoms with Crippen LogP contribution in [0.5, 0.6) is 5.75 Å². The number of aromatic hydroxyl groups is 1. The number of nitrogens with zero attached hydrogens (tertiary/aromatic N) is 1. The summed E-state index contributed by atoms with van der Waals surface area (Å²) in [4.78, 5) is 13.7. The summed E-state index contributed by atoms with van der Waals surface area (Å²) in [6.45, 7) is 5.53. The Morgan fingerprint density at radius 2 is 2.10 bits per heavy atom. The lowest BCUT2D eigenvalue weighted by atomic mass is 10.1.